The summed E-state index contributed by atoms with van der Waals surface area (Å²) in [7, 11) is 0. The van der Waals surface area contributed by atoms with Crippen LogP contribution in [0.4, 0.5) is 0 Å². The van der Waals surface area contributed by atoms with Gasteiger partial charge < -0.3 is 0 Å². The molecule has 0 atom stereocenters. The molecule has 0 saturated carbocycles. The van der Waals surface area contributed by atoms with Crippen molar-refractivity contribution in [2.24, 2.45) is 0 Å². The number of hydrogen-bond donors (Lipinski definition) is 0. The van der Waals surface area contributed by atoms with Crippen molar-refractivity contribution in [3.05, 3.63) is 29.8 Å². The highest BCUT2D eigenvalue weighted by Gasteiger charge is 1.92. The molecule has 1 aromatic carbocycles. The summed E-state index contributed by atoms with van der Waals surface area (Å²) in [5.41, 5.74) is 1.51. The molecule has 13 heavy (non-hydrogen) atoms. The zero-order valence-electron chi connectivity index (χ0n) is 8.84. The molecule has 0 nitrogen and oxygen atoms in total. The summed E-state index contributed by atoms with van der Waals surface area (Å²) in [6.45, 7) is 2.26. The van der Waals surface area contributed by atoms with Crippen LogP contribution in [0.15, 0.2) is 24.3 Å². The lowest BCUT2D eigenvalue weighted by Crippen LogP contribution is -2.00. The van der Waals surface area contributed by atoms with Crippen molar-refractivity contribution in [1.29, 1.82) is 0 Å². The maximum Gasteiger partial charge on any atom is 0.384 e. The van der Waals surface area contributed by atoms with Crippen LogP contribution in [0.5, 0.6) is 0 Å². The lowest BCUT2D eigenvalue weighted by Gasteiger charge is -2.01. The van der Waals surface area contributed by atoms with Crippen LogP contribution in [0, 0.1) is 0 Å². The van der Waals surface area contributed by atoms with Crippen molar-refractivity contribution < 1.29 is 0 Å². The molecule has 0 aliphatic rings. The lowest BCUT2D eigenvalue weighted by molar-refractivity contribution is 0.667. The van der Waals surface area contributed by atoms with Crippen molar-refractivity contribution in [2.75, 3.05) is 0 Å². The third kappa shape index (κ3) is 4.68. The highest BCUT2D eigenvalue weighted by atomic mass is 24.4. The number of aryl methyl sites for hydroxylation is 1. The molecule has 68 valence electrons. The van der Waals surface area contributed by atoms with E-state index in [1.807, 2.05) is 0 Å². The Morgan fingerprint density at radius 1 is 1.00 bits per heavy atom. The SMILES string of the molecule is CCCCCCc1cc[c]([MgH])cc1. The van der Waals surface area contributed by atoms with E-state index in [4.69, 9.17) is 0 Å². The minimum absolute atomic E-state index is 1.18. The molecule has 1 heteroatoms. The highest BCUT2D eigenvalue weighted by molar-refractivity contribution is 6.32. The monoisotopic (exact) mass is 186 g/mol. The van der Waals surface area contributed by atoms with Gasteiger partial charge >= 0.3 is 21.7 Å². The molecule has 0 heterocycles. The Hall–Kier alpha value is -0.0138. The topological polar surface area (TPSA) is 0 Å². The number of hydrogen-bond acceptors (Lipinski definition) is 0. The second-order valence-electron chi connectivity index (χ2n) is 3.80. The summed E-state index contributed by atoms with van der Waals surface area (Å²) in [5.74, 6) is 0. The molecule has 0 saturated heterocycles. The molecule has 0 aliphatic heterocycles. The summed E-state index contributed by atoms with van der Waals surface area (Å²) >= 11 is 1.18. The average Bonchev–Trinajstić information content (AvgIpc) is 2.15. The van der Waals surface area contributed by atoms with Crippen LogP contribution >= 0.6 is 0 Å². The van der Waals surface area contributed by atoms with Crippen molar-refractivity contribution >= 4 is 25.4 Å². The van der Waals surface area contributed by atoms with Gasteiger partial charge in [0.25, 0.3) is 0 Å². The van der Waals surface area contributed by atoms with E-state index >= 15 is 0 Å². The summed E-state index contributed by atoms with van der Waals surface area (Å²) in [6, 6.07) is 9.10. The van der Waals surface area contributed by atoms with E-state index in [1.54, 1.807) is 0 Å². The van der Waals surface area contributed by atoms with Crippen LogP contribution in [0.1, 0.15) is 38.2 Å². The van der Waals surface area contributed by atoms with E-state index in [1.165, 1.54) is 63.1 Å². The van der Waals surface area contributed by atoms with E-state index in [0.717, 1.165) is 0 Å². The third-order valence-electron chi connectivity index (χ3n) is 2.44. The van der Waals surface area contributed by atoms with Gasteiger partial charge in [-0.2, -0.15) is 3.69 Å². The van der Waals surface area contributed by atoms with Crippen LogP contribution in [-0.4, -0.2) is 21.7 Å². The Morgan fingerprint density at radius 3 is 2.31 bits per heavy atom. The van der Waals surface area contributed by atoms with Gasteiger partial charge in [0, 0.05) is 0 Å². The molecular formula is C12H18Mg. The van der Waals surface area contributed by atoms with Gasteiger partial charge in [-0.05, 0) is 18.4 Å². The Kier molecular flexibility index (Phi) is 5.48. The molecule has 0 bridgehead atoms. The molecule has 0 spiro atoms. The van der Waals surface area contributed by atoms with E-state index in [0.29, 0.717) is 0 Å². The Balaban J connectivity index is 2.25. The maximum atomic E-state index is 2.29. The normalized spacial score (nSPS) is 10.2. The van der Waals surface area contributed by atoms with Crippen LogP contribution in [0.25, 0.3) is 0 Å². The van der Waals surface area contributed by atoms with Gasteiger partial charge in [-0.1, -0.05) is 50.5 Å². The molecule has 0 N–H and O–H groups in total. The van der Waals surface area contributed by atoms with Gasteiger partial charge in [0.15, 0.2) is 0 Å². The molecule has 0 radical (unpaired) electrons. The van der Waals surface area contributed by atoms with Gasteiger partial charge in [-0.25, -0.2) is 0 Å². The first-order valence-corrected chi connectivity index (χ1v) is 6.38. The van der Waals surface area contributed by atoms with Crippen LogP contribution in [0.3, 0.4) is 0 Å². The van der Waals surface area contributed by atoms with Crippen LogP contribution in [-0.2, 0) is 6.42 Å². The summed E-state index contributed by atoms with van der Waals surface area (Å²) in [6.07, 6.45) is 6.73. The summed E-state index contributed by atoms with van der Waals surface area (Å²) in [4.78, 5) is 0. The smallest absolute Gasteiger partial charge is 0.180 e. The second kappa shape index (κ2) is 6.44. The Morgan fingerprint density at radius 2 is 1.69 bits per heavy atom. The first-order chi connectivity index (χ1) is 6.33. The van der Waals surface area contributed by atoms with Gasteiger partial charge in [0.2, 0.25) is 0 Å². The zero-order chi connectivity index (χ0) is 9.52. The fraction of sp³-hybridized carbons (Fsp3) is 0.500. The fourth-order valence-electron chi connectivity index (χ4n) is 1.51. The van der Waals surface area contributed by atoms with E-state index in [2.05, 4.69) is 31.2 Å². The van der Waals surface area contributed by atoms with E-state index < -0.39 is 0 Å². The van der Waals surface area contributed by atoms with Gasteiger partial charge in [0.05, 0.1) is 0 Å². The van der Waals surface area contributed by atoms with Gasteiger partial charge in [-0.3, -0.25) is 0 Å². The van der Waals surface area contributed by atoms with Crippen LogP contribution < -0.4 is 3.69 Å². The standard InChI is InChI=1S/C12H17.Mg.H/c1-2-3-4-6-9-12-10-7-5-8-11-12;;/h7-8,10-11H,2-4,6,9H2,1H3;;. The minimum atomic E-state index is 1.18. The first kappa shape index (κ1) is 11.1. The average molecular weight is 187 g/mol. The van der Waals surface area contributed by atoms with Gasteiger partial charge in [-0.15, -0.1) is 0 Å². The second-order valence-corrected chi connectivity index (χ2v) is 4.95. The van der Waals surface area contributed by atoms with Crippen LogP contribution in [0.2, 0.25) is 0 Å². The largest absolute Gasteiger partial charge is 0.384 e. The zero-order valence-corrected chi connectivity index (χ0v) is 10.8. The predicted molar refractivity (Wildman–Crippen MR) is 61.1 cm³/mol. The summed E-state index contributed by atoms with van der Waals surface area (Å²) in [5, 5.41) is 0. The maximum absolute atomic E-state index is 2.29. The molecule has 0 aliphatic carbocycles. The van der Waals surface area contributed by atoms with Crippen molar-refractivity contribution in [3.8, 4) is 0 Å². The number of rotatable bonds is 5. The summed E-state index contributed by atoms with van der Waals surface area (Å²) < 4.78 is 1.50. The van der Waals surface area contributed by atoms with E-state index in [9.17, 15) is 0 Å². The Labute approximate surface area is 94.2 Å². The first-order valence-electron chi connectivity index (χ1n) is 5.38. The quantitative estimate of drug-likeness (QED) is 0.489. The number of benzene rings is 1. The van der Waals surface area contributed by atoms with Crippen molar-refractivity contribution in [2.45, 2.75) is 39.0 Å². The number of unbranched alkanes of at least 4 members (excludes halogenated alkanes) is 3. The fourth-order valence-corrected chi connectivity index (χ4v) is 1.84. The molecule has 1 rings (SSSR count). The van der Waals surface area contributed by atoms with Gasteiger partial charge in [0.1, 0.15) is 0 Å². The molecular weight excluding hydrogens is 168 g/mol. The molecule has 0 aromatic heterocycles. The molecule has 1 aromatic rings. The highest BCUT2D eigenvalue weighted by Crippen LogP contribution is 2.06. The minimum Gasteiger partial charge on any atom is -0.180 e. The third-order valence-corrected chi connectivity index (χ3v) is 3.11. The predicted octanol–water partition coefficient (Wildman–Crippen LogP) is 2.34. The molecule has 0 fully saturated rings. The lowest BCUT2D eigenvalue weighted by atomic mass is 10.1. The molecule has 0 unspecified atom stereocenters. The van der Waals surface area contributed by atoms with E-state index in [-0.39, 0.29) is 0 Å². The molecule has 0 amide bonds. The Bertz CT molecular complexity index is 225. The van der Waals surface area contributed by atoms with Crippen molar-refractivity contribution in [3.63, 3.8) is 0 Å². The van der Waals surface area contributed by atoms with Crippen molar-refractivity contribution in [1.82, 2.24) is 0 Å².